The maximum absolute atomic E-state index is 13.5. The third kappa shape index (κ3) is 4.19. The van der Waals surface area contributed by atoms with Gasteiger partial charge >= 0.3 is 0 Å². The Kier molecular flexibility index (Phi) is 5.57. The molecule has 4 heteroatoms. The summed E-state index contributed by atoms with van der Waals surface area (Å²) in [6.07, 6.45) is 9.09. The van der Waals surface area contributed by atoms with E-state index in [1.54, 1.807) is 0 Å². The van der Waals surface area contributed by atoms with Crippen molar-refractivity contribution in [3.05, 3.63) is 70.8 Å². The summed E-state index contributed by atoms with van der Waals surface area (Å²) < 4.78 is 26.6. The Morgan fingerprint density at radius 1 is 1.04 bits per heavy atom. The summed E-state index contributed by atoms with van der Waals surface area (Å²) in [6.45, 7) is -0.123. The molecule has 0 aromatic heterocycles. The molecule has 24 heavy (non-hydrogen) atoms. The third-order valence-electron chi connectivity index (χ3n) is 4.46. The van der Waals surface area contributed by atoms with Gasteiger partial charge in [0, 0.05) is 11.1 Å². The molecule has 2 aromatic rings. The average molecular weight is 328 g/mol. The van der Waals surface area contributed by atoms with Crippen LogP contribution in [-0.4, -0.2) is 6.21 Å². The molecule has 0 saturated heterocycles. The van der Waals surface area contributed by atoms with E-state index in [9.17, 15) is 8.78 Å². The zero-order valence-corrected chi connectivity index (χ0v) is 13.5. The quantitative estimate of drug-likeness (QED) is 0.529. The number of halogens is 2. The van der Waals surface area contributed by atoms with Crippen molar-refractivity contribution in [1.29, 1.82) is 0 Å². The molecule has 0 heterocycles. The van der Waals surface area contributed by atoms with Gasteiger partial charge in [0.2, 0.25) is 0 Å². The van der Waals surface area contributed by atoms with Crippen LogP contribution in [-0.2, 0) is 11.4 Å². The van der Waals surface area contributed by atoms with Crippen molar-refractivity contribution >= 4 is 6.21 Å². The molecule has 0 atom stereocenters. The predicted octanol–water partition coefficient (Wildman–Crippen LogP) is 5.44. The molecule has 2 nitrogen and oxygen atoms in total. The van der Waals surface area contributed by atoms with Crippen LogP contribution < -0.4 is 0 Å². The van der Waals surface area contributed by atoms with Crippen LogP contribution in [0, 0.1) is 11.6 Å². The van der Waals surface area contributed by atoms with Gasteiger partial charge in [-0.3, -0.25) is 0 Å². The molecular weight excluding hydrogens is 308 g/mol. The van der Waals surface area contributed by atoms with E-state index < -0.39 is 11.6 Å². The van der Waals surface area contributed by atoms with Gasteiger partial charge in [0.1, 0.15) is 24.5 Å². The Morgan fingerprint density at radius 2 is 1.83 bits per heavy atom. The van der Waals surface area contributed by atoms with Crippen LogP contribution in [0.2, 0.25) is 0 Å². The first-order valence-corrected chi connectivity index (χ1v) is 8.35. The van der Waals surface area contributed by atoms with Gasteiger partial charge < -0.3 is 4.84 Å². The molecule has 0 bridgehead atoms. The lowest BCUT2D eigenvalue weighted by Gasteiger charge is -2.23. The molecule has 1 saturated carbocycles. The Morgan fingerprint density at radius 3 is 2.67 bits per heavy atom. The zero-order valence-electron chi connectivity index (χ0n) is 13.5. The van der Waals surface area contributed by atoms with E-state index >= 15 is 0 Å². The van der Waals surface area contributed by atoms with Crippen LogP contribution in [0.3, 0.4) is 0 Å². The minimum atomic E-state index is -0.505. The van der Waals surface area contributed by atoms with Crippen LogP contribution in [0.15, 0.2) is 47.6 Å². The largest absolute Gasteiger partial charge is 0.390 e. The lowest BCUT2D eigenvalue weighted by Crippen LogP contribution is -2.07. The van der Waals surface area contributed by atoms with Crippen molar-refractivity contribution in [2.75, 3.05) is 0 Å². The number of hydrogen-bond acceptors (Lipinski definition) is 2. The number of benzene rings is 2. The first-order valence-electron chi connectivity index (χ1n) is 8.35. The summed E-state index contributed by atoms with van der Waals surface area (Å²) in [5.41, 5.74) is 2.28. The summed E-state index contributed by atoms with van der Waals surface area (Å²) >= 11 is 0. The highest BCUT2D eigenvalue weighted by molar-refractivity contribution is 5.81. The van der Waals surface area contributed by atoms with E-state index in [1.807, 2.05) is 18.2 Å². The second-order valence-corrected chi connectivity index (χ2v) is 6.13. The van der Waals surface area contributed by atoms with E-state index in [4.69, 9.17) is 4.84 Å². The van der Waals surface area contributed by atoms with Gasteiger partial charge in [-0.25, -0.2) is 8.78 Å². The highest BCUT2D eigenvalue weighted by Gasteiger charge is 2.17. The fourth-order valence-corrected chi connectivity index (χ4v) is 3.21. The van der Waals surface area contributed by atoms with Crippen molar-refractivity contribution in [2.45, 2.75) is 44.6 Å². The first kappa shape index (κ1) is 16.6. The molecule has 0 spiro atoms. The monoisotopic (exact) mass is 328 g/mol. The highest BCUT2D eigenvalue weighted by Crippen LogP contribution is 2.33. The van der Waals surface area contributed by atoms with Gasteiger partial charge in [0.15, 0.2) is 0 Å². The van der Waals surface area contributed by atoms with E-state index in [-0.39, 0.29) is 12.2 Å². The first-order chi connectivity index (χ1) is 11.7. The molecule has 0 amide bonds. The lowest BCUT2D eigenvalue weighted by molar-refractivity contribution is 0.129. The molecule has 125 valence electrons. The molecule has 0 N–H and O–H groups in total. The van der Waals surface area contributed by atoms with Crippen LogP contribution in [0.5, 0.6) is 0 Å². The third-order valence-corrected chi connectivity index (χ3v) is 4.46. The number of rotatable bonds is 5. The van der Waals surface area contributed by atoms with E-state index in [0.29, 0.717) is 5.92 Å². The van der Waals surface area contributed by atoms with Crippen molar-refractivity contribution < 1.29 is 13.6 Å². The van der Waals surface area contributed by atoms with E-state index in [0.717, 1.165) is 23.8 Å². The molecule has 2 aromatic carbocycles. The van der Waals surface area contributed by atoms with Crippen molar-refractivity contribution in [3.63, 3.8) is 0 Å². The van der Waals surface area contributed by atoms with Crippen LogP contribution in [0.4, 0.5) is 8.78 Å². The number of nitrogens with zero attached hydrogens (tertiary/aromatic N) is 1. The smallest absolute Gasteiger partial charge is 0.145 e. The molecule has 3 rings (SSSR count). The second-order valence-electron chi connectivity index (χ2n) is 6.13. The van der Waals surface area contributed by atoms with Crippen molar-refractivity contribution in [2.24, 2.45) is 5.16 Å². The van der Waals surface area contributed by atoms with Gasteiger partial charge in [-0.1, -0.05) is 48.7 Å². The van der Waals surface area contributed by atoms with Crippen LogP contribution in [0.25, 0.3) is 0 Å². The minimum Gasteiger partial charge on any atom is -0.390 e. The van der Waals surface area contributed by atoms with Gasteiger partial charge in [0.25, 0.3) is 0 Å². The molecular formula is C20H20F2NO. The van der Waals surface area contributed by atoms with Crippen LogP contribution in [0.1, 0.15) is 54.7 Å². The average Bonchev–Trinajstić information content (AvgIpc) is 2.62. The summed E-state index contributed by atoms with van der Waals surface area (Å²) in [7, 11) is 0. The molecule has 1 aliphatic rings. The van der Waals surface area contributed by atoms with Crippen molar-refractivity contribution in [3.8, 4) is 0 Å². The van der Waals surface area contributed by atoms with Crippen molar-refractivity contribution in [1.82, 2.24) is 0 Å². The molecule has 1 aliphatic carbocycles. The fourth-order valence-electron chi connectivity index (χ4n) is 3.21. The standard InChI is InChI=1S/C20H20F2NO/c21-18-10-11-20(22)17(12-18)14-24-23-13-16-8-4-5-9-19(16)15-6-2-1-3-7-15/h4-5,8-12,15H,1-3,6-7,14H2. The number of hydrogen-bond donors (Lipinski definition) is 0. The predicted molar refractivity (Wildman–Crippen MR) is 90.0 cm³/mol. The topological polar surface area (TPSA) is 21.6 Å². The lowest BCUT2D eigenvalue weighted by atomic mass is 9.82. The molecule has 1 radical (unpaired) electrons. The maximum atomic E-state index is 13.5. The fraction of sp³-hybridized carbons (Fsp3) is 0.350. The highest BCUT2D eigenvalue weighted by atomic mass is 19.1. The summed E-state index contributed by atoms with van der Waals surface area (Å²) in [5, 5.41) is 3.82. The molecule has 1 fully saturated rings. The Balaban J connectivity index is 1.65. The van der Waals surface area contributed by atoms with Gasteiger partial charge in [-0.05, 0) is 42.5 Å². The maximum Gasteiger partial charge on any atom is 0.145 e. The molecule has 0 aliphatic heterocycles. The van der Waals surface area contributed by atoms with Gasteiger partial charge in [-0.2, -0.15) is 0 Å². The second kappa shape index (κ2) is 8.04. The normalized spacial score (nSPS) is 15.8. The Bertz CT molecular complexity index is 709. The summed E-state index contributed by atoms with van der Waals surface area (Å²) in [6, 6.07) is 11.3. The summed E-state index contributed by atoms with van der Waals surface area (Å²) in [4.78, 5) is 5.11. The Hall–Kier alpha value is -2.23. The summed E-state index contributed by atoms with van der Waals surface area (Å²) in [5.74, 6) is -0.460. The minimum absolute atomic E-state index is 0.123. The van der Waals surface area contributed by atoms with E-state index in [1.165, 1.54) is 37.7 Å². The molecule has 0 unspecified atom stereocenters. The Labute approximate surface area is 141 Å². The van der Waals surface area contributed by atoms with Crippen LogP contribution >= 0.6 is 0 Å². The van der Waals surface area contributed by atoms with Gasteiger partial charge in [0.05, 0.1) is 0 Å². The van der Waals surface area contributed by atoms with E-state index in [2.05, 4.69) is 17.4 Å². The zero-order chi connectivity index (χ0) is 16.8. The SMILES string of the molecule is Fc1ccc(F)c(CO/N=[C]\c2ccccc2C2CCCCC2)c1. The van der Waals surface area contributed by atoms with Gasteiger partial charge in [-0.15, -0.1) is 0 Å².